The lowest BCUT2D eigenvalue weighted by molar-refractivity contribution is -0.116. The van der Waals surface area contributed by atoms with E-state index in [0.717, 1.165) is 24.3 Å². The van der Waals surface area contributed by atoms with Gasteiger partial charge in [0.05, 0.1) is 6.61 Å². The first-order chi connectivity index (χ1) is 10.3. The van der Waals surface area contributed by atoms with Crippen LogP contribution in [0.15, 0.2) is 24.3 Å². The fraction of sp³-hybridized carbons (Fsp3) is 0.588. The maximum atomic E-state index is 11.8. The molecule has 0 bridgehead atoms. The zero-order valence-electron chi connectivity index (χ0n) is 13.2. The van der Waals surface area contributed by atoms with Gasteiger partial charge in [-0.05, 0) is 30.7 Å². The minimum Gasteiger partial charge on any atom is -0.491 e. The van der Waals surface area contributed by atoms with Crippen molar-refractivity contribution < 1.29 is 14.3 Å². The number of hydrogen-bond donors (Lipinski definition) is 1. The number of carbonyl (C=O) groups excluding carboxylic acids is 1. The summed E-state index contributed by atoms with van der Waals surface area (Å²) in [6.07, 6.45) is 6.39. The Morgan fingerprint density at radius 3 is 2.43 bits per heavy atom. The molecule has 0 unspecified atom stereocenters. The highest BCUT2D eigenvalue weighted by Crippen LogP contribution is 2.16. The van der Waals surface area contributed by atoms with Crippen LogP contribution in [0.3, 0.4) is 0 Å². The van der Waals surface area contributed by atoms with Crippen LogP contribution in [0.25, 0.3) is 0 Å². The van der Waals surface area contributed by atoms with Gasteiger partial charge in [-0.15, -0.1) is 0 Å². The Kier molecular flexibility index (Phi) is 9.29. The van der Waals surface area contributed by atoms with Crippen molar-refractivity contribution in [3.63, 3.8) is 0 Å². The number of unbranched alkanes of at least 4 members (excludes halogenated alkanes) is 4. The number of rotatable bonds is 11. The molecule has 0 saturated heterocycles. The van der Waals surface area contributed by atoms with Crippen molar-refractivity contribution in [1.29, 1.82) is 0 Å². The number of carbonyl (C=O) groups is 1. The largest absolute Gasteiger partial charge is 0.491 e. The highest BCUT2D eigenvalue weighted by Gasteiger charge is 2.02. The van der Waals surface area contributed by atoms with E-state index in [1.807, 2.05) is 24.3 Å². The molecule has 0 heterocycles. The van der Waals surface area contributed by atoms with Crippen LogP contribution < -0.4 is 10.1 Å². The van der Waals surface area contributed by atoms with Gasteiger partial charge in [-0.25, -0.2) is 0 Å². The third kappa shape index (κ3) is 8.35. The van der Waals surface area contributed by atoms with Gasteiger partial charge in [-0.1, -0.05) is 32.6 Å². The first-order valence-electron chi connectivity index (χ1n) is 7.78. The van der Waals surface area contributed by atoms with Gasteiger partial charge in [0.2, 0.25) is 5.91 Å². The summed E-state index contributed by atoms with van der Waals surface area (Å²) < 4.78 is 10.4. The molecule has 0 spiro atoms. The summed E-state index contributed by atoms with van der Waals surface area (Å²) >= 11 is 0. The molecular weight excluding hydrogens is 266 g/mol. The number of methoxy groups -OCH3 is 1. The Morgan fingerprint density at radius 2 is 1.76 bits per heavy atom. The van der Waals surface area contributed by atoms with Crippen LogP contribution in [0, 0.1) is 0 Å². The lowest BCUT2D eigenvalue weighted by Gasteiger charge is -2.08. The van der Waals surface area contributed by atoms with Gasteiger partial charge in [0.15, 0.2) is 0 Å². The Morgan fingerprint density at radius 1 is 1.05 bits per heavy atom. The van der Waals surface area contributed by atoms with E-state index in [0.29, 0.717) is 19.6 Å². The van der Waals surface area contributed by atoms with E-state index in [1.165, 1.54) is 19.3 Å². The highest BCUT2D eigenvalue weighted by molar-refractivity contribution is 5.90. The first kappa shape index (κ1) is 17.5. The minimum atomic E-state index is 0.0829. The molecule has 118 valence electrons. The second-order valence-corrected chi connectivity index (χ2v) is 5.08. The highest BCUT2D eigenvalue weighted by atomic mass is 16.5. The van der Waals surface area contributed by atoms with Gasteiger partial charge >= 0.3 is 0 Å². The molecule has 0 aliphatic rings. The van der Waals surface area contributed by atoms with Crippen molar-refractivity contribution in [1.82, 2.24) is 0 Å². The van der Waals surface area contributed by atoms with Gasteiger partial charge in [0.1, 0.15) is 12.4 Å². The average molecular weight is 293 g/mol. The van der Waals surface area contributed by atoms with Crippen molar-refractivity contribution in [3.8, 4) is 5.75 Å². The molecule has 0 fully saturated rings. The Bertz CT molecular complexity index is 390. The van der Waals surface area contributed by atoms with Crippen molar-refractivity contribution in [2.75, 3.05) is 25.6 Å². The standard InChI is InChI=1S/C17H27NO3/c1-3-4-5-6-7-8-17(19)18-15-9-11-16(12-10-15)21-14-13-20-2/h9-12H,3-8,13-14H2,1-2H3,(H,18,19). The fourth-order valence-corrected chi connectivity index (χ4v) is 1.99. The van der Waals surface area contributed by atoms with Crippen molar-refractivity contribution >= 4 is 11.6 Å². The molecule has 0 atom stereocenters. The van der Waals surface area contributed by atoms with E-state index >= 15 is 0 Å². The lowest BCUT2D eigenvalue weighted by Crippen LogP contribution is -2.11. The summed E-state index contributed by atoms with van der Waals surface area (Å²) in [4.78, 5) is 11.8. The van der Waals surface area contributed by atoms with E-state index < -0.39 is 0 Å². The molecule has 0 aliphatic carbocycles. The molecule has 21 heavy (non-hydrogen) atoms. The normalized spacial score (nSPS) is 10.4. The molecule has 4 nitrogen and oxygen atoms in total. The van der Waals surface area contributed by atoms with Gasteiger partial charge in [0, 0.05) is 19.2 Å². The van der Waals surface area contributed by atoms with Gasteiger partial charge in [-0.3, -0.25) is 4.79 Å². The van der Waals surface area contributed by atoms with Crippen LogP contribution in [-0.4, -0.2) is 26.2 Å². The summed E-state index contributed by atoms with van der Waals surface area (Å²) in [7, 11) is 1.64. The Balaban J connectivity index is 2.23. The molecule has 1 aromatic rings. The number of amides is 1. The SMILES string of the molecule is CCCCCCCC(=O)Nc1ccc(OCCOC)cc1. The van der Waals surface area contributed by atoms with E-state index in [2.05, 4.69) is 12.2 Å². The van der Waals surface area contributed by atoms with E-state index in [-0.39, 0.29) is 5.91 Å². The molecule has 1 aromatic carbocycles. The van der Waals surface area contributed by atoms with Crippen LogP contribution >= 0.6 is 0 Å². The second-order valence-electron chi connectivity index (χ2n) is 5.08. The molecule has 0 aromatic heterocycles. The Hall–Kier alpha value is -1.55. The summed E-state index contributed by atoms with van der Waals surface area (Å²) in [6.45, 7) is 3.28. The quantitative estimate of drug-likeness (QED) is 0.627. The predicted octanol–water partition coefficient (Wildman–Crippen LogP) is 4.01. The number of anilines is 1. The molecule has 0 aliphatic heterocycles. The monoisotopic (exact) mass is 293 g/mol. The van der Waals surface area contributed by atoms with E-state index in [9.17, 15) is 4.79 Å². The van der Waals surface area contributed by atoms with Gasteiger partial charge < -0.3 is 14.8 Å². The maximum absolute atomic E-state index is 11.8. The summed E-state index contributed by atoms with van der Waals surface area (Å²) in [6, 6.07) is 7.42. The average Bonchev–Trinajstić information content (AvgIpc) is 2.49. The molecule has 0 radical (unpaired) electrons. The van der Waals surface area contributed by atoms with Crippen LogP contribution in [0.5, 0.6) is 5.75 Å². The number of ether oxygens (including phenoxy) is 2. The summed E-state index contributed by atoms with van der Waals surface area (Å²) in [5, 5.41) is 2.91. The molecular formula is C17H27NO3. The van der Waals surface area contributed by atoms with Crippen molar-refractivity contribution in [2.24, 2.45) is 0 Å². The van der Waals surface area contributed by atoms with Crippen LogP contribution in [-0.2, 0) is 9.53 Å². The number of hydrogen-bond acceptors (Lipinski definition) is 3. The van der Waals surface area contributed by atoms with E-state index in [1.54, 1.807) is 7.11 Å². The van der Waals surface area contributed by atoms with E-state index in [4.69, 9.17) is 9.47 Å². The smallest absolute Gasteiger partial charge is 0.224 e. The molecule has 1 amide bonds. The summed E-state index contributed by atoms with van der Waals surface area (Å²) in [5.74, 6) is 0.865. The predicted molar refractivity (Wildman–Crippen MR) is 85.8 cm³/mol. The second kappa shape index (κ2) is 11.1. The topological polar surface area (TPSA) is 47.6 Å². The third-order valence-corrected chi connectivity index (χ3v) is 3.20. The van der Waals surface area contributed by atoms with Crippen LogP contribution in [0.4, 0.5) is 5.69 Å². The van der Waals surface area contributed by atoms with Crippen LogP contribution in [0.1, 0.15) is 45.4 Å². The zero-order chi connectivity index (χ0) is 15.3. The van der Waals surface area contributed by atoms with Gasteiger partial charge in [-0.2, -0.15) is 0 Å². The molecule has 1 N–H and O–H groups in total. The third-order valence-electron chi connectivity index (χ3n) is 3.20. The molecule has 1 rings (SSSR count). The maximum Gasteiger partial charge on any atom is 0.224 e. The molecule has 4 heteroatoms. The summed E-state index contributed by atoms with van der Waals surface area (Å²) in [5.41, 5.74) is 0.813. The minimum absolute atomic E-state index is 0.0829. The number of nitrogens with one attached hydrogen (secondary N) is 1. The lowest BCUT2D eigenvalue weighted by atomic mass is 10.1. The van der Waals surface area contributed by atoms with Crippen molar-refractivity contribution in [3.05, 3.63) is 24.3 Å². The first-order valence-corrected chi connectivity index (χ1v) is 7.78. The fourth-order valence-electron chi connectivity index (χ4n) is 1.99. The number of benzene rings is 1. The van der Waals surface area contributed by atoms with Crippen molar-refractivity contribution in [2.45, 2.75) is 45.4 Å². The van der Waals surface area contributed by atoms with Gasteiger partial charge in [0.25, 0.3) is 0 Å². The molecule has 0 saturated carbocycles. The Labute approximate surface area is 127 Å². The zero-order valence-corrected chi connectivity index (χ0v) is 13.2. The van der Waals surface area contributed by atoms with Crippen LogP contribution in [0.2, 0.25) is 0 Å².